The Balaban J connectivity index is 2.54. The number of nitrogens with zero attached hydrogens (tertiary/aromatic N) is 1. The van der Waals surface area contributed by atoms with Gasteiger partial charge in [-0.15, -0.1) is 11.3 Å². The maximum atomic E-state index is 5.60. The summed E-state index contributed by atoms with van der Waals surface area (Å²) in [5.41, 5.74) is 4.70. The van der Waals surface area contributed by atoms with Crippen molar-refractivity contribution in [2.75, 3.05) is 13.7 Å². The molecule has 0 amide bonds. The zero-order chi connectivity index (χ0) is 14.7. The summed E-state index contributed by atoms with van der Waals surface area (Å²) < 4.78 is 5.60. The molecule has 20 heavy (non-hydrogen) atoms. The number of thiazole rings is 1. The molecule has 1 aromatic heterocycles. The first-order valence-electron chi connectivity index (χ1n) is 6.87. The molecule has 4 heteroatoms. The van der Waals surface area contributed by atoms with Gasteiger partial charge in [-0.2, -0.15) is 0 Å². The minimum absolute atomic E-state index is 0.0838. The molecule has 0 radical (unpaired) electrons. The van der Waals surface area contributed by atoms with Crippen LogP contribution in [0.25, 0.3) is 0 Å². The van der Waals surface area contributed by atoms with Gasteiger partial charge in [0.05, 0.1) is 23.9 Å². The van der Waals surface area contributed by atoms with E-state index in [0.29, 0.717) is 0 Å². The third kappa shape index (κ3) is 3.02. The predicted molar refractivity (Wildman–Crippen MR) is 84.8 cm³/mol. The van der Waals surface area contributed by atoms with E-state index in [1.165, 1.54) is 16.7 Å². The van der Waals surface area contributed by atoms with Crippen molar-refractivity contribution < 1.29 is 4.74 Å². The summed E-state index contributed by atoms with van der Waals surface area (Å²) in [4.78, 5) is 4.65. The van der Waals surface area contributed by atoms with Gasteiger partial charge in [-0.1, -0.05) is 13.0 Å². The number of hydrogen-bond donors (Lipinski definition) is 1. The average molecular weight is 290 g/mol. The van der Waals surface area contributed by atoms with Gasteiger partial charge in [0.15, 0.2) is 0 Å². The van der Waals surface area contributed by atoms with Crippen molar-refractivity contribution in [3.63, 3.8) is 0 Å². The molecule has 0 saturated heterocycles. The molecule has 1 N–H and O–H groups in total. The lowest BCUT2D eigenvalue weighted by atomic mass is 9.96. The van der Waals surface area contributed by atoms with Crippen LogP contribution in [0.15, 0.2) is 17.5 Å². The van der Waals surface area contributed by atoms with E-state index in [2.05, 4.69) is 48.6 Å². The lowest BCUT2D eigenvalue weighted by molar-refractivity contribution is 0.403. The molecular formula is C16H22N2OS. The first-order chi connectivity index (χ1) is 9.56. The molecule has 2 aromatic rings. The number of methoxy groups -OCH3 is 1. The van der Waals surface area contributed by atoms with Crippen LogP contribution in [0.1, 0.15) is 40.4 Å². The van der Waals surface area contributed by atoms with Crippen molar-refractivity contribution in [3.8, 4) is 5.75 Å². The Kier molecular flexibility index (Phi) is 4.78. The molecule has 0 bridgehead atoms. The maximum Gasteiger partial charge on any atom is 0.124 e. The Morgan fingerprint density at radius 2 is 2.05 bits per heavy atom. The fourth-order valence-corrected chi connectivity index (χ4v) is 3.19. The van der Waals surface area contributed by atoms with Crippen molar-refractivity contribution >= 4 is 11.3 Å². The van der Waals surface area contributed by atoms with E-state index in [1.807, 2.05) is 6.92 Å². The molecule has 0 aliphatic heterocycles. The highest BCUT2D eigenvalue weighted by Crippen LogP contribution is 2.34. The highest BCUT2D eigenvalue weighted by molar-refractivity contribution is 7.09. The molecular weight excluding hydrogens is 268 g/mol. The van der Waals surface area contributed by atoms with Crippen LogP contribution >= 0.6 is 11.3 Å². The Labute approximate surface area is 125 Å². The highest BCUT2D eigenvalue weighted by Gasteiger charge is 2.22. The van der Waals surface area contributed by atoms with Crippen LogP contribution in [0, 0.1) is 20.8 Å². The van der Waals surface area contributed by atoms with Gasteiger partial charge in [-0.25, -0.2) is 4.98 Å². The summed E-state index contributed by atoms with van der Waals surface area (Å²) in [5.74, 6) is 0.930. The number of aryl methyl sites for hydroxylation is 3. The van der Waals surface area contributed by atoms with Crippen molar-refractivity contribution in [3.05, 3.63) is 44.9 Å². The van der Waals surface area contributed by atoms with Crippen LogP contribution in [0.3, 0.4) is 0 Å². The molecule has 1 unspecified atom stereocenters. The zero-order valence-corrected chi connectivity index (χ0v) is 13.6. The van der Waals surface area contributed by atoms with Gasteiger partial charge in [0.1, 0.15) is 5.75 Å². The number of benzene rings is 1. The molecule has 0 aliphatic rings. The molecule has 0 spiro atoms. The van der Waals surface area contributed by atoms with E-state index >= 15 is 0 Å². The van der Waals surface area contributed by atoms with Gasteiger partial charge in [0, 0.05) is 10.9 Å². The zero-order valence-electron chi connectivity index (χ0n) is 12.8. The minimum atomic E-state index is 0.0838. The van der Waals surface area contributed by atoms with Crippen LogP contribution in [0.5, 0.6) is 5.75 Å². The van der Waals surface area contributed by atoms with Gasteiger partial charge >= 0.3 is 0 Å². The van der Waals surface area contributed by atoms with Crippen LogP contribution in [-0.2, 0) is 0 Å². The number of ether oxygens (including phenoxy) is 1. The van der Waals surface area contributed by atoms with Gasteiger partial charge in [-0.05, 0) is 44.5 Å². The lowest BCUT2D eigenvalue weighted by Gasteiger charge is -2.22. The maximum absolute atomic E-state index is 5.60. The Morgan fingerprint density at radius 1 is 1.30 bits per heavy atom. The molecule has 0 saturated carbocycles. The van der Waals surface area contributed by atoms with Crippen LogP contribution in [-0.4, -0.2) is 18.6 Å². The van der Waals surface area contributed by atoms with Crippen LogP contribution in [0.2, 0.25) is 0 Å². The summed E-state index contributed by atoms with van der Waals surface area (Å²) in [6.45, 7) is 9.26. The molecule has 1 aromatic carbocycles. The minimum Gasteiger partial charge on any atom is -0.496 e. The second-order valence-electron chi connectivity index (χ2n) is 4.98. The van der Waals surface area contributed by atoms with Crippen molar-refractivity contribution in [1.29, 1.82) is 0 Å². The molecule has 3 nitrogen and oxygen atoms in total. The molecule has 1 atom stereocenters. The smallest absolute Gasteiger partial charge is 0.124 e. The number of rotatable bonds is 5. The monoisotopic (exact) mass is 290 g/mol. The standard InChI is InChI=1S/C16H22N2OS/c1-6-17-16(13-9-20-12(4)18-13)15-11(3)7-10(2)8-14(15)19-5/h7-9,16-17H,6H2,1-5H3. The summed E-state index contributed by atoms with van der Waals surface area (Å²) >= 11 is 1.68. The van der Waals surface area contributed by atoms with Gasteiger partial charge in [0.2, 0.25) is 0 Å². The van der Waals surface area contributed by atoms with Crippen LogP contribution in [0.4, 0.5) is 0 Å². The van der Waals surface area contributed by atoms with Gasteiger partial charge in [-0.3, -0.25) is 0 Å². The predicted octanol–water partition coefficient (Wildman–Crippen LogP) is 3.78. The molecule has 0 fully saturated rings. The van der Waals surface area contributed by atoms with Crippen molar-refractivity contribution in [1.82, 2.24) is 10.3 Å². The van der Waals surface area contributed by atoms with E-state index in [-0.39, 0.29) is 6.04 Å². The topological polar surface area (TPSA) is 34.2 Å². The lowest BCUT2D eigenvalue weighted by Crippen LogP contribution is -2.24. The summed E-state index contributed by atoms with van der Waals surface area (Å²) in [7, 11) is 1.73. The van der Waals surface area contributed by atoms with Crippen LogP contribution < -0.4 is 10.1 Å². The Morgan fingerprint density at radius 3 is 2.60 bits per heavy atom. The molecule has 108 valence electrons. The van der Waals surface area contributed by atoms with Gasteiger partial charge in [0.25, 0.3) is 0 Å². The third-order valence-corrected chi connectivity index (χ3v) is 4.13. The molecule has 2 rings (SSSR count). The average Bonchev–Trinajstić information content (AvgIpc) is 2.82. The second kappa shape index (κ2) is 6.37. The van der Waals surface area contributed by atoms with Crippen molar-refractivity contribution in [2.45, 2.75) is 33.7 Å². The summed E-state index contributed by atoms with van der Waals surface area (Å²) in [6, 6.07) is 4.37. The van der Waals surface area contributed by atoms with E-state index < -0.39 is 0 Å². The van der Waals surface area contributed by atoms with Gasteiger partial charge < -0.3 is 10.1 Å². The normalized spacial score (nSPS) is 12.4. The number of hydrogen-bond acceptors (Lipinski definition) is 4. The van der Waals surface area contributed by atoms with E-state index in [4.69, 9.17) is 4.74 Å². The first-order valence-corrected chi connectivity index (χ1v) is 7.75. The fraction of sp³-hybridized carbons (Fsp3) is 0.438. The number of nitrogens with one attached hydrogen (secondary N) is 1. The molecule has 1 heterocycles. The Hall–Kier alpha value is -1.39. The summed E-state index contributed by atoms with van der Waals surface area (Å²) in [5, 5.41) is 6.74. The number of aromatic nitrogens is 1. The SMILES string of the molecule is CCNC(c1csc(C)n1)c1c(C)cc(C)cc1OC. The summed E-state index contributed by atoms with van der Waals surface area (Å²) in [6.07, 6.45) is 0. The largest absolute Gasteiger partial charge is 0.496 e. The van der Waals surface area contributed by atoms with E-state index in [0.717, 1.165) is 23.0 Å². The quantitative estimate of drug-likeness (QED) is 0.910. The first kappa shape index (κ1) is 15.0. The third-order valence-electron chi connectivity index (χ3n) is 3.34. The van der Waals surface area contributed by atoms with E-state index in [1.54, 1.807) is 18.4 Å². The van der Waals surface area contributed by atoms with Crippen molar-refractivity contribution in [2.24, 2.45) is 0 Å². The van der Waals surface area contributed by atoms with E-state index in [9.17, 15) is 0 Å². The molecule has 0 aliphatic carbocycles. The Bertz CT molecular complexity index is 592. The highest BCUT2D eigenvalue weighted by atomic mass is 32.1. The second-order valence-corrected chi connectivity index (χ2v) is 6.04. The fourth-order valence-electron chi connectivity index (χ4n) is 2.55.